The number of carbonyl (C=O) groups excluding carboxylic acids is 3. The van der Waals surface area contributed by atoms with Crippen LogP contribution >= 0.6 is 0 Å². The first kappa shape index (κ1) is 14.8. The van der Waals surface area contributed by atoms with Crippen LogP contribution in [0.3, 0.4) is 0 Å². The van der Waals surface area contributed by atoms with Crippen molar-refractivity contribution in [3.8, 4) is 11.5 Å². The monoisotopic (exact) mass is 335 g/mol. The van der Waals surface area contributed by atoms with Crippen molar-refractivity contribution < 1.29 is 23.6 Å². The van der Waals surface area contributed by atoms with Gasteiger partial charge in [-0.2, -0.15) is 0 Å². The lowest BCUT2D eigenvalue weighted by Crippen LogP contribution is -2.32. The Morgan fingerprint density at radius 1 is 0.960 bits per heavy atom. The third-order valence-corrected chi connectivity index (χ3v) is 3.66. The second-order valence-electron chi connectivity index (χ2n) is 5.15. The molecule has 8 heteroatoms. The molecule has 3 aromatic rings. The summed E-state index contributed by atoms with van der Waals surface area (Å²) in [4.78, 5) is 41.6. The fraction of sp³-hybridized carbons (Fsp3) is 0. The predicted octanol–water partition coefficient (Wildman–Crippen LogP) is 2.10. The minimum absolute atomic E-state index is 0.167. The molecule has 0 unspecified atom stereocenters. The molecule has 0 saturated carbocycles. The molecule has 1 aromatic heterocycles. The highest BCUT2D eigenvalue weighted by molar-refractivity contribution is 6.21. The lowest BCUT2D eigenvalue weighted by atomic mass is 10.1. The SMILES string of the molecule is O=C(ON1C(=O)c2ccccc2C1=O)c1ccc(-c2nnco2)cc1. The van der Waals surface area contributed by atoms with Crippen LogP contribution in [0.1, 0.15) is 31.1 Å². The number of hydrogen-bond donors (Lipinski definition) is 0. The zero-order valence-corrected chi connectivity index (χ0v) is 12.6. The quantitative estimate of drug-likeness (QED) is 0.675. The maximum atomic E-state index is 12.2. The molecule has 0 spiro atoms. The molecule has 0 atom stereocenters. The number of aromatic nitrogens is 2. The summed E-state index contributed by atoms with van der Waals surface area (Å²) in [6.45, 7) is 0. The molecule has 2 heterocycles. The molecule has 1 aliphatic heterocycles. The number of rotatable bonds is 3. The van der Waals surface area contributed by atoms with E-state index in [1.807, 2.05) is 0 Å². The Morgan fingerprint density at radius 3 is 2.16 bits per heavy atom. The fourth-order valence-electron chi connectivity index (χ4n) is 2.43. The summed E-state index contributed by atoms with van der Waals surface area (Å²) in [6, 6.07) is 12.4. The van der Waals surface area contributed by atoms with Crippen LogP contribution < -0.4 is 0 Å². The van der Waals surface area contributed by atoms with Gasteiger partial charge in [0.25, 0.3) is 11.8 Å². The van der Waals surface area contributed by atoms with E-state index in [-0.39, 0.29) is 16.7 Å². The maximum absolute atomic E-state index is 12.2. The van der Waals surface area contributed by atoms with Crippen molar-refractivity contribution in [1.82, 2.24) is 15.3 Å². The van der Waals surface area contributed by atoms with Crippen molar-refractivity contribution >= 4 is 17.8 Å². The number of hydroxylamine groups is 2. The van der Waals surface area contributed by atoms with E-state index in [4.69, 9.17) is 9.25 Å². The third kappa shape index (κ3) is 2.45. The molecular formula is C17H9N3O5. The highest BCUT2D eigenvalue weighted by atomic mass is 16.7. The number of amides is 2. The van der Waals surface area contributed by atoms with E-state index in [0.29, 0.717) is 16.5 Å². The van der Waals surface area contributed by atoms with Crippen molar-refractivity contribution in [3.05, 3.63) is 71.6 Å². The molecule has 0 saturated heterocycles. The van der Waals surface area contributed by atoms with Crippen molar-refractivity contribution in [1.29, 1.82) is 0 Å². The number of hydrogen-bond acceptors (Lipinski definition) is 7. The molecule has 0 aliphatic carbocycles. The Bertz CT molecular complexity index is 945. The van der Waals surface area contributed by atoms with Crippen LogP contribution in [-0.4, -0.2) is 33.0 Å². The van der Waals surface area contributed by atoms with Gasteiger partial charge in [-0.3, -0.25) is 9.59 Å². The van der Waals surface area contributed by atoms with Gasteiger partial charge in [0, 0.05) is 5.56 Å². The van der Waals surface area contributed by atoms with Crippen LogP contribution in [0.4, 0.5) is 0 Å². The Kier molecular flexibility index (Phi) is 3.35. The fourth-order valence-corrected chi connectivity index (χ4v) is 2.43. The van der Waals surface area contributed by atoms with Gasteiger partial charge in [0.05, 0.1) is 16.7 Å². The van der Waals surface area contributed by atoms with E-state index in [1.54, 1.807) is 24.3 Å². The van der Waals surface area contributed by atoms with Crippen LogP contribution in [0.25, 0.3) is 11.5 Å². The molecule has 0 radical (unpaired) electrons. The molecule has 25 heavy (non-hydrogen) atoms. The second-order valence-corrected chi connectivity index (χ2v) is 5.15. The van der Waals surface area contributed by atoms with E-state index in [2.05, 4.69) is 10.2 Å². The second kappa shape index (κ2) is 5.68. The number of benzene rings is 2. The molecule has 0 N–H and O–H groups in total. The van der Waals surface area contributed by atoms with Gasteiger partial charge in [-0.25, -0.2) is 4.79 Å². The number of fused-ring (bicyclic) bond motifs is 1. The van der Waals surface area contributed by atoms with Gasteiger partial charge in [0.1, 0.15) is 0 Å². The van der Waals surface area contributed by atoms with E-state index in [0.717, 1.165) is 0 Å². The Balaban J connectivity index is 1.53. The molecule has 2 aromatic carbocycles. The van der Waals surface area contributed by atoms with Crippen LogP contribution in [0.5, 0.6) is 0 Å². The summed E-state index contributed by atoms with van der Waals surface area (Å²) in [5, 5.41) is 7.80. The maximum Gasteiger partial charge on any atom is 0.363 e. The van der Waals surface area contributed by atoms with Gasteiger partial charge in [-0.1, -0.05) is 17.2 Å². The number of nitrogens with zero attached hydrogens (tertiary/aromatic N) is 3. The van der Waals surface area contributed by atoms with Gasteiger partial charge in [-0.05, 0) is 36.4 Å². The zero-order valence-electron chi connectivity index (χ0n) is 12.6. The van der Waals surface area contributed by atoms with E-state index >= 15 is 0 Å². The smallest absolute Gasteiger partial charge is 0.363 e. The molecule has 4 rings (SSSR count). The summed E-state index contributed by atoms with van der Waals surface area (Å²) in [7, 11) is 0. The van der Waals surface area contributed by atoms with Crippen LogP contribution in [-0.2, 0) is 4.84 Å². The number of carbonyl (C=O) groups is 3. The van der Waals surface area contributed by atoms with E-state index in [9.17, 15) is 14.4 Å². The third-order valence-electron chi connectivity index (χ3n) is 3.66. The van der Waals surface area contributed by atoms with Crippen LogP contribution in [0, 0.1) is 0 Å². The lowest BCUT2D eigenvalue weighted by Gasteiger charge is -2.12. The topological polar surface area (TPSA) is 103 Å². The lowest BCUT2D eigenvalue weighted by molar-refractivity contribution is -0.0584. The first-order chi connectivity index (χ1) is 12.1. The van der Waals surface area contributed by atoms with Crippen molar-refractivity contribution in [2.75, 3.05) is 0 Å². The Hall–Kier alpha value is -3.81. The molecule has 2 amide bonds. The molecule has 8 nitrogen and oxygen atoms in total. The van der Waals surface area contributed by atoms with Crippen LogP contribution in [0.2, 0.25) is 0 Å². The molecular weight excluding hydrogens is 326 g/mol. The summed E-state index contributed by atoms with van der Waals surface area (Å²) in [5.41, 5.74) is 1.19. The van der Waals surface area contributed by atoms with Gasteiger partial charge < -0.3 is 9.25 Å². The van der Waals surface area contributed by atoms with Gasteiger partial charge >= 0.3 is 5.97 Å². The minimum Gasteiger partial charge on any atom is -0.423 e. The van der Waals surface area contributed by atoms with E-state index in [1.165, 1.54) is 30.7 Å². The predicted molar refractivity (Wildman–Crippen MR) is 82.1 cm³/mol. The standard InChI is InChI=1S/C17H9N3O5/c21-15-12-3-1-2-4-13(12)16(22)20(15)25-17(23)11-7-5-10(6-8-11)14-19-18-9-24-14/h1-9H. The van der Waals surface area contributed by atoms with Crippen molar-refractivity contribution in [2.45, 2.75) is 0 Å². The summed E-state index contributed by atoms with van der Waals surface area (Å²) in [6.07, 6.45) is 1.19. The van der Waals surface area contributed by atoms with Gasteiger partial charge in [-0.15, -0.1) is 10.2 Å². The van der Waals surface area contributed by atoms with Crippen molar-refractivity contribution in [3.63, 3.8) is 0 Å². The summed E-state index contributed by atoms with van der Waals surface area (Å²) >= 11 is 0. The summed E-state index contributed by atoms with van der Waals surface area (Å²) < 4.78 is 5.06. The molecule has 0 fully saturated rings. The largest absolute Gasteiger partial charge is 0.423 e. The first-order valence-corrected chi connectivity index (χ1v) is 7.22. The normalized spacial score (nSPS) is 13.0. The van der Waals surface area contributed by atoms with Crippen LogP contribution in [0.15, 0.2) is 59.3 Å². The Morgan fingerprint density at radius 2 is 1.60 bits per heavy atom. The highest BCUT2D eigenvalue weighted by Crippen LogP contribution is 2.24. The Labute approximate surface area is 140 Å². The molecule has 122 valence electrons. The average molecular weight is 335 g/mol. The van der Waals surface area contributed by atoms with E-state index < -0.39 is 17.8 Å². The van der Waals surface area contributed by atoms with Crippen molar-refractivity contribution in [2.24, 2.45) is 0 Å². The van der Waals surface area contributed by atoms with Gasteiger partial charge in [0.15, 0.2) is 0 Å². The number of imide groups is 1. The first-order valence-electron chi connectivity index (χ1n) is 7.22. The molecule has 0 bridgehead atoms. The molecule has 1 aliphatic rings. The zero-order chi connectivity index (χ0) is 17.4. The summed E-state index contributed by atoms with van der Waals surface area (Å²) in [5.74, 6) is -1.86. The average Bonchev–Trinajstić information content (AvgIpc) is 3.26. The highest BCUT2D eigenvalue weighted by Gasteiger charge is 2.38. The minimum atomic E-state index is -0.827. The van der Waals surface area contributed by atoms with Gasteiger partial charge in [0.2, 0.25) is 12.3 Å².